The molecule has 2 heterocycles. The van der Waals surface area contributed by atoms with Gasteiger partial charge in [-0.05, 0) is 51.2 Å². The molecule has 1 aromatic rings. The summed E-state index contributed by atoms with van der Waals surface area (Å²) in [7, 11) is 2.16. The van der Waals surface area contributed by atoms with E-state index in [1.54, 1.807) is 0 Å². The molecule has 39 heavy (non-hydrogen) atoms. The van der Waals surface area contributed by atoms with Crippen LogP contribution in [0.25, 0.3) is 0 Å². The van der Waals surface area contributed by atoms with Crippen molar-refractivity contribution in [1.29, 1.82) is 0 Å². The Balaban J connectivity index is 0.000000673. The van der Waals surface area contributed by atoms with Gasteiger partial charge in [-0.1, -0.05) is 0 Å². The SMILES string of the molecule is CCOc1ccc(C(=O)N(CCCN2CCN(C)CC2)CCC(=O)N2CCNCC2)cc1.O=C(O)C(F)(F)F. The number of piperazine rings is 2. The van der Waals surface area contributed by atoms with Crippen molar-refractivity contribution in [2.75, 3.05) is 85.6 Å². The van der Waals surface area contributed by atoms with Gasteiger partial charge in [0.25, 0.3) is 5.91 Å². The molecule has 0 aromatic heterocycles. The number of amides is 2. The highest BCUT2D eigenvalue weighted by Gasteiger charge is 2.38. The molecular formula is C26H40F3N5O5. The second-order valence-corrected chi connectivity index (χ2v) is 9.43. The zero-order chi connectivity index (χ0) is 28.8. The van der Waals surface area contributed by atoms with Gasteiger partial charge < -0.3 is 34.8 Å². The fourth-order valence-electron chi connectivity index (χ4n) is 4.22. The highest BCUT2D eigenvalue weighted by atomic mass is 19.4. The highest BCUT2D eigenvalue weighted by molar-refractivity contribution is 5.94. The van der Waals surface area contributed by atoms with Crippen molar-refractivity contribution in [2.45, 2.75) is 25.9 Å². The summed E-state index contributed by atoms with van der Waals surface area (Å²) in [4.78, 5) is 43.4. The Kier molecular flexibility index (Phi) is 13.5. The minimum absolute atomic E-state index is 0.0143. The number of hydrogen-bond acceptors (Lipinski definition) is 7. The second kappa shape index (κ2) is 16.3. The zero-order valence-electron chi connectivity index (χ0n) is 22.7. The summed E-state index contributed by atoms with van der Waals surface area (Å²) in [6.07, 6.45) is -3.80. The highest BCUT2D eigenvalue weighted by Crippen LogP contribution is 2.15. The van der Waals surface area contributed by atoms with Gasteiger partial charge in [-0.2, -0.15) is 13.2 Å². The molecule has 13 heteroatoms. The van der Waals surface area contributed by atoms with Crippen molar-refractivity contribution in [1.82, 2.24) is 24.9 Å². The predicted molar refractivity (Wildman–Crippen MR) is 140 cm³/mol. The van der Waals surface area contributed by atoms with Crippen LogP contribution in [0.4, 0.5) is 13.2 Å². The van der Waals surface area contributed by atoms with Gasteiger partial charge in [-0.15, -0.1) is 0 Å². The standard InChI is InChI=1S/C24H39N5O3.C2HF3O2/c1-3-32-22-7-5-21(6-8-22)24(31)29(13-4-12-27-19-17-26(2)18-20-27)14-9-23(30)28-15-10-25-11-16-28;3-2(4,5)1(6)7/h5-8,25H,3-4,9-20H2,1-2H3;(H,6,7). The number of carbonyl (C=O) groups excluding carboxylic acids is 2. The summed E-state index contributed by atoms with van der Waals surface area (Å²) in [5, 5.41) is 10.4. The number of ether oxygens (including phenoxy) is 1. The molecule has 3 rings (SSSR count). The Hall–Kier alpha value is -2.90. The summed E-state index contributed by atoms with van der Waals surface area (Å²) in [5.74, 6) is -1.87. The summed E-state index contributed by atoms with van der Waals surface area (Å²) < 4.78 is 37.2. The molecule has 2 amide bonds. The van der Waals surface area contributed by atoms with E-state index in [9.17, 15) is 22.8 Å². The maximum absolute atomic E-state index is 13.3. The van der Waals surface area contributed by atoms with E-state index >= 15 is 0 Å². The average Bonchev–Trinajstić information content (AvgIpc) is 2.92. The third kappa shape index (κ3) is 11.8. The van der Waals surface area contributed by atoms with Crippen LogP contribution in [-0.2, 0) is 9.59 Å². The summed E-state index contributed by atoms with van der Waals surface area (Å²) in [6, 6.07) is 7.31. The van der Waals surface area contributed by atoms with E-state index in [2.05, 4.69) is 22.2 Å². The average molecular weight is 560 g/mol. The van der Waals surface area contributed by atoms with Gasteiger partial charge in [0, 0.05) is 77.4 Å². The second-order valence-electron chi connectivity index (χ2n) is 9.43. The number of benzene rings is 1. The van der Waals surface area contributed by atoms with Crippen LogP contribution >= 0.6 is 0 Å². The Morgan fingerprint density at radius 3 is 2.13 bits per heavy atom. The molecule has 0 bridgehead atoms. The van der Waals surface area contributed by atoms with Crippen LogP contribution in [0.2, 0.25) is 0 Å². The predicted octanol–water partition coefficient (Wildman–Crippen LogP) is 1.62. The van der Waals surface area contributed by atoms with Gasteiger partial charge in [0.05, 0.1) is 6.61 Å². The van der Waals surface area contributed by atoms with Crippen LogP contribution in [0.5, 0.6) is 5.75 Å². The zero-order valence-corrected chi connectivity index (χ0v) is 22.7. The number of carboxylic acids is 1. The number of nitrogens with one attached hydrogen (secondary N) is 1. The molecule has 2 aliphatic heterocycles. The van der Waals surface area contributed by atoms with E-state index in [0.29, 0.717) is 31.7 Å². The van der Waals surface area contributed by atoms with Crippen molar-refractivity contribution in [2.24, 2.45) is 0 Å². The van der Waals surface area contributed by atoms with E-state index in [1.165, 1.54) is 0 Å². The summed E-state index contributed by atoms with van der Waals surface area (Å²) in [5.41, 5.74) is 0.641. The monoisotopic (exact) mass is 559 g/mol. The van der Waals surface area contributed by atoms with Crippen molar-refractivity contribution in [3.05, 3.63) is 29.8 Å². The lowest BCUT2D eigenvalue weighted by molar-refractivity contribution is -0.192. The van der Waals surface area contributed by atoms with Crippen LogP contribution in [0, 0.1) is 0 Å². The third-order valence-corrected chi connectivity index (χ3v) is 6.51. The number of likely N-dealkylation sites (N-methyl/N-ethyl adjacent to an activating group) is 1. The summed E-state index contributed by atoms with van der Waals surface area (Å²) >= 11 is 0. The fraction of sp³-hybridized carbons (Fsp3) is 0.654. The minimum Gasteiger partial charge on any atom is -0.494 e. The van der Waals surface area contributed by atoms with Gasteiger partial charge in [0.2, 0.25) is 5.91 Å². The molecular weight excluding hydrogens is 519 g/mol. The first-order chi connectivity index (χ1) is 18.5. The first-order valence-electron chi connectivity index (χ1n) is 13.2. The van der Waals surface area contributed by atoms with Crippen molar-refractivity contribution < 1.29 is 37.4 Å². The number of halogens is 3. The fourth-order valence-corrected chi connectivity index (χ4v) is 4.22. The molecule has 0 atom stereocenters. The van der Waals surface area contributed by atoms with Crippen molar-refractivity contribution in [3.63, 3.8) is 0 Å². The van der Waals surface area contributed by atoms with Crippen molar-refractivity contribution in [3.8, 4) is 5.75 Å². The van der Waals surface area contributed by atoms with E-state index in [-0.39, 0.29) is 11.8 Å². The Bertz CT molecular complexity index is 902. The quantitative estimate of drug-likeness (QED) is 0.446. The minimum atomic E-state index is -5.08. The number of carboxylic acid groups (broad SMARTS) is 1. The Morgan fingerprint density at radius 2 is 1.59 bits per heavy atom. The van der Waals surface area contributed by atoms with E-state index < -0.39 is 12.1 Å². The number of nitrogens with zero attached hydrogens (tertiary/aromatic N) is 4. The molecule has 1 aromatic carbocycles. The molecule has 0 saturated carbocycles. The normalized spacial score (nSPS) is 16.7. The number of rotatable bonds is 10. The summed E-state index contributed by atoms with van der Waals surface area (Å²) in [6.45, 7) is 12.1. The first-order valence-corrected chi connectivity index (χ1v) is 13.2. The van der Waals surface area contributed by atoms with Gasteiger partial charge in [-0.3, -0.25) is 9.59 Å². The van der Waals surface area contributed by atoms with E-state index in [0.717, 1.165) is 71.1 Å². The molecule has 2 fully saturated rings. The molecule has 0 spiro atoms. The van der Waals surface area contributed by atoms with Crippen LogP contribution in [-0.4, -0.2) is 134 Å². The van der Waals surface area contributed by atoms with Crippen LogP contribution in [0.3, 0.4) is 0 Å². The molecule has 2 saturated heterocycles. The van der Waals surface area contributed by atoms with Gasteiger partial charge in [-0.25, -0.2) is 4.79 Å². The van der Waals surface area contributed by atoms with Crippen LogP contribution in [0.15, 0.2) is 24.3 Å². The molecule has 220 valence electrons. The van der Waals surface area contributed by atoms with Crippen LogP contribution < -0.4 is 10.1 Å². The molecule has 2 N–H and O–H groups in total. The molecule has 2 aliphatic rings. The van der Waals surface area contributed by atoms with Gasteiger partial charge >= 0.3 is 12.1 Å². The molecule has 10 nitrogen and oxygen atoms in total. The van der Waals surface area contributed by atoms with Crippen LogP contribution in [0.1, 0.15) is 30.1 Å². The van der Waals surface area contributed by atoms with E-state index in [1.807, 2.05) is 41.0 Å². The maximum Gasteiger partial charge on any atom is 0.490 e. The molecule has 0 radical (unpaired) electrons. The first kappa shape index (κ1) is 32.3. The van der Waals surface area contributed by atoms with Crippen molar-refractivity contribution >= 4 is 17.8 Å². The molecule has 0 aliphatic carbocycles. The Labute approximate surface area is 227 Å². The smallest absolute Gasteiger partial charge is 0.490 e. The Morgan fingerprint density at radius 1 is 1.00 bits per heavy atom. The van der Waals surface area contributed by atoms with E-state index in [4.69, 9.17) is 14.6 Å². The maximum atomic E-state index is 13.3. The number of aliphatic carboxylic acids is 1. The number of hydrogen-bond donors (Lipinski definition) is 2. The lowest BCUT2D eigenvalue weighted by Gasteiger charge is -2.33. The third-order valence-electron chi connectivity index (χ3n) is 6.51. The number of alkyl halides is 3. The number of carbonyl (C=O) groups is 3. The largest absolute Gasteiger partial charge is 0.494 e. The van der Waals surface area contributed by atoms with Gasteiger partial charge in [0.1, 0.15) is 5.75 Å². The molecule has 0 unspecified atom stereocenters. The lowest BCUT2D eigenvalue weighted by atomic mass is 10.1. The topological polar surface area (TPSA) is 106 Å². The van der Waals surface area contributed by atoms with Gasteiger partial charge in [0.15, 0.2) is 0 Å². The lowest BCUT2D eigenvalue weighted by Crippen LogP contribution is -2.47.